The van der Waals surface area contributed by atoms with Crippen molar-refractivity contribution in [2.75, 3.05) is 13.7 Å². The van der Waals surface area contributed by atoms with Crippen LogP contribution in [0.15, 0.2) is 6.07 Å². The van der Waals surface area contributed by atoms with Crippen molar-refractivity contribution in [2.45, 2.75) is 25.6 Å². The molecule has 1 atom stereocenters. The normalized spacial score (nSPS) is 11.8. The number of nitrogens with zero attached hydrogens (tertiary/aromatic N) is 2. The van der Waals surface area contributed by atoms with E-state index in [1.807, 2.05) is 6.92 Å². The first-order valence-electron chi connectivity index (χ1n) is 5.82. The molecule has 104 valence electrons. The summed E-state index contributed by atoms with van der Waals surface area (Å²) in [5.41, 5.74) is 1.70. The SMILES string of the molecule is CCc1nnc(C)cc1C(=O)NCC(Cl)C(=O)OC. The largest absolute Gasteiger partial charge is 0.468 e. The topological polar surface area (TPSA) is 81.2 Å². The molecule has 1 amide bonds. The molecule has 1 N–H and O–H groups in total. The van der Waals surface area contributed by atoms with Crippen molar-refractivity contribution in [2.24, 2.45) is 0 Å². The van der Waals surface area contributed by atoms with Crippen molar-refractivity contribution in [3.63, 3.8) is 0 Å². The third kappa shape index (κ3) is 4.17. The Morgan fingerprint density at radius 1 is 1.47 bits per heavy atom. The fourth-order valence-corrected chi connectivity index (χ4v) is 1.63. The summed E-state index contributed by atoms with van der Waals surface area (Å²) in [4.78, 5) is 23.1. The van der Waals surface area contributed by atoms with Crippen LogP contribution in [0.4, 0.5) is 0 Å². The molecular weight excluding hydrogens is 270 g/mol. The average Bonchev–Trinajstić information content (AvgIpc) is 2.43. The Hall–Kier alpha value is -1.69. The van der Waals surface area contributed by atoms with Crippen LogP contribution in [0.2, 0.25) is 0 Å². The van der Waals surface area contributed by atoms with Gasteiger partial charge in [0, 0.05) is 6.54 Å². The van der Waals surface area contributed by atoms with Gasteiger partial charge in [-0.3, -0.25) is 9.59 Å². The monoisotopic (exact) mass is 285 g/mol. The standard InChI is InChI=1S/C12H16ClN3O3/c1-4-10-8(5-7(2)15-16-10)11(17)14-6-9(13)12(18)19-3/h5,9H,4,6H2,1-3H3,(H,14,17). The second kappa shape index (κ2) is 7.04. The number of hydrogen-bond donors (Lipinski definition) is 1. The van der Waals surface area contributed by atoms with Gasteiger partial charge in [-0.05, 0) is 19.4 Å². The molecule has 6 nitrogen and oxygen atoms in total. The molecular formula is C12H16ClN3O3. The van der Waals surface area contributed by atoms with E-state index in [1.54, 1.807) is 13.0 Å². The quantitative estimate of drug-likeness (QED) is 0.641. The lowest BCUT2D eigenvalue weighted by atomic mass is 10.1. The summed E-state index contributed by atoms with van der Waals surface area (Å²) in [6.45, 7) is 3.63. The van der Waals surface area contributed by atoms with E-state index < -0.39 is 11.3 Å². The van der Waals surface area contributed by atoms with Gasteiger partial charge in [0.25, 0.3) is 5.91 Å². The van der Waals surface area contributed by atoms with E-state index in [2.05, 4.69) is 20.3 Å². The number of rotatable bonds is 5. The first kappa shape index (κ1) is 15.4. The number of esters is 1. The van der Waals surface area contributed by atoms with Gasteiger partial charge in [0.2, 0.25) is 0 Å². The molecule has 0 radical (unpaired) electrons. The number of carbonyl (C=O) groups is 2. The van der Waals surface area contributed by atoms with E-state index in [9.17, 15) is 9.59 Å². The lowest BCUT2D eigenvalue weighted by molar-refractivity contribution is -0.140. The molecule has 1 heterocycles. The molecule has 0 saturated carbocycles. The number of nitrogens with one attached hydrogen (secondary N) is 1. The number of amides is 1. The molecule has 0 fully saturated rings. The van der Waals surface area contributed by atoms with E-state index in [0.717, 1.165) is 0 Å². The van der Waals surface area contributed by atoms with Gasteiger partial charge < -0.3 is 10.1 Å². The molecule has 1 aromatic rings. The van der Waals surface area contributed by atoms with Crippen molar-refractivity contribution < 1.29 is 14.3 Å². The molecule has 1 unspecified atom stereocenters. The lowest BCUT2D eigenvalue weighted by Crippen LogP contribution is -2.34. The summed E-state index contributed by atoms with van der Waals surface area (Å²) in [5, 5.41) is 9.53. The van der Waals surface area contributed by atoms with Crippen LogP contribution in [-0.4, -0.2) is 41.1 Å². The summed E-state index contributed by atoms with van der Waals surface area (Å²) in [6, 6.07) is 1.66. The number of ether oxygens (including phenoxy) is 1. The lowest BCUT2D eigenvalue weighted by Gasteiger charge is -2.10. The molecule has 0 aromatic carbocycles. The summed E-state index contributed by atoms with van der Waals surface area (Å²) >= 11 is 5.75. The zero-order valence-electron chi connectivity index (χ0n) is 11.1. The molecule has 1 rings (SSSR count). The maximum Gasteiger partial charge on any atom is 0.325 e. The molecule has 0 aliphatic carbocycles. The van der Waals surface area contributed by atoms with Crippen molar-refractivity contribution in [3.8, 4) is 0 Å². The number of hydrogen-bond acceptors (Lipinski definition) is 5. The van der Waals surface area contributed by atoms with E-state index >= 15 is 0 Å². The highest BCUT2D eigenvalue weighted by atomic mass is 35.5. The molecule has 7 heteroatoms. The number of alkyl halides is 1. The smallest absolute Gasteiger partial charge is 0.325 e. The predicted octanol–water partition coefficient (Wildman–Crippen LogP) is 0.858. The van der Waals surface area contributed by atoms with Crippen molar-refractivity contribution in [3.05, 3.63) is 23.0 Å². The van der Waals surface area contributed by atoms with Gasteiger partial charge >= 0.3 is 5.97 Å². The average molecular weight is 286 g/mol. The Morgan fingerprint density at radius 3 is 2.74 bits per heavy atom. The van der Waals surface area contributed by atoms with Crippen LogP contribution in [0.5, 0.6) is 0 Å². The third-order valence-corrected chi connectivity index (χ3v) is 2.80. The summed E-state index contributed by atoms with van der Waals surface area (Å²) in [6.07, 6.45) is 0.595. The van der Waals surface area contributed by atoms with E-state index in [1.165, 1.54) is 7.11 Å². The Balaban J connectivity index is 2.73. The molecule has 0 aliphatic rings. The molecule has 19 heavy (non-hydrogen) atoms. The van der Waals surface area contributed by atoms with E-state index in [0.29, 0.717) is 23.4 Å². The van der Waals surface area contributed by atoms with Gasteiger partial charge in [0.05, 0.1) is 24.1 Å². The Labute approximate surface area is 116 Å². The number of aryl methyl sites for hydroxylation is 2. The van der Waals surface area contributed by atoms with Gasteiger partial charge in [-0.25, -0.2) is 0 Å². The van der Waals surface area contributed by atoms with E-state index in [-0.39, 0.29) is 12.5 Å². The maximum absolute atomic E-state index is 12.0. The summed E-state index contributed by atoms with van der Waals surface area (Å²) in [5.74, 6) is -0.911. The Kier molecular flexibility index (Phi) is 5.69. The minimum Gasteiger partial charge on any atom is -0.468 e. The fourth-order valence-electron chi connectivity index (χ4n) is 1.46. The molecule has 0 saturated heterocycles. The zero-order chi connectivity index (χ0) is 14.4. The number of aromatic nitrogens is 2. The summed E-state index contributed by atoms with van der Waals surface area (Å²) < 4.78 is 4.47. The predicted molar refractivity (Wildman–Crippen MR) is 70.1 cm³/mol. The van der Waals surface area contributed by atoms with Gasteiger partial charge in [-0.15, -0.1) is 11.6 Å². The Bertz CT molecular complexity index is 479. The van der Waals surface area contributed by atoms with Crippen LogP contribution in [0.1, 0.15) is 28.7 Å². The molecule has 1 aromatic heterocycles. The second-order valence-corrected chi connectivity index (χ2v) is 4.43. The molecule has 0 aliphatic heterocycles. The highest BCUT2D eigenvalue weighted by Crippen LogP contribution is 2.07. The van der Waals surface area contributed by atoms with E-state index in [4.69, 9.17) is 11.6 Å². The highest BCUT2D eigenvalue weighted by molar-refractivity contribution is 6.30. The number of carbonyl (C=O) groups excluding carboxylic acids is 2. The first-order chi connectivity index (χ1) is 8.99. The number of methoxy groups -OCH3 is 1. The first-order valence-corrected chi connectivity index (χ1v) is 6.26. The minimum atomic E-state index is -0.907. The minimum absolute atomic E-state index is 0.00239. The van der Waals surface area contributed by atoms with Crippen molar-refractivity contribution in [1.29, 1.82) is 0 Å². The third-order valence-electron chi connectivity index (χ3n) is 2.47. The summed E-state index contributed by atoms with van der Waals surface area (Å²) in [7, 11) is 1.24. The van der Waals surface area contributed by atoms with Crippen LogP contribution in [0.25, 0.3) is 0 Å². The van der Waals surface area contributed by atoms with Crippen molar-refractivity contribution in [1.82, 2.24) is 15.5 Å². The van der Waals surface area contributed by atoms with Crippen molar-refractivity contribution >= 4 is 23.5 Å². The second-order valence-electron chi connectivity index (χ2n) is 3.90. The zero-order valence-corrected chi connectivity index (χ0v) is 11.8. The molecule has 0 bridgehead atoms. The fraction of sp³-hybridized carbons (Fsp3) is 0.500. The van der Waals surface area contributed by atoms with Gasteiger partial charge in [0.1, 0.15) is 5.38 Å². The highest BCUT2D eigenvalue weighted by Gasteiger charge is 2.18. The Morgan fingerprint density at radius 2 is 2.16 bits per heavy atom. The van der Waals surface area contributed by atoms with Crippen LogP contribution in [0, 0.1) is 6.92 Å². The van der Waals surface area contributed by atoms with Gasteiger partial charge in [-0.1, -0.05) is 6.92 Å². The number of halogens is 1. The van der Waals surface area contributed by atoms with Crippen LogP contribution >= 0.6 is 11.6 Å². The molecule has 0 spiro atoms. The van der Waals surface area contributed by atoms with Crippen LogP contribution in [0.3, 0.4) is 0 Å². The van der Waals surface area contributed by atoms with Gasteiger partial charge in [-0.2, -0.15) is 10.2 Å². The maximum atomic E-state index is 12.0. The van der Waals surface area contributed by atoms with Crippen LogP contribution < -0.4 is 5.32 Å². The van der Waals surface area contributed by atoms with Gasteiger partial charge in [0.15, 0.2) is 0 Å². The van der Waals surface area contributed by atoms with Crippen LogP contribution in [-0.2, 0) is 16.0 Å².